The Morgan fingerprint density at radius 2 is 2.32 bits per heavy atom. The van der Waals surface area contributed by atoms with E-state index in [2.05, 4.69) is 20.5 Å². The quantitative estimate of drug-likeness (QED) is 0.803. The number of hydrogen-bond acceptors (Lipinski definition) is 4. The lowest BCUT2D eigenvalue weighted by molar-refractivity contribution is -0.118. The van der Waals surface area contributed by atoms with Crippen molar-refractivity contribution < 1.29 is 9.18 Å². The summed E-state index contributed by atoms with van der Waals surface area (Å²) < 4.78 is 13.2. The molecule has 1 aliphatic rings. The smallest absolute Gasteiger partial charge is 0.230 e. The van der Waals surface area contributed by atoms with Gasteiger partial charge in [0.05, 0.1) is 5.75 Å². The number of hydrogen-bond donors (Lipinski definition) is 2. The van der Waals surface area contributed by atoms with E-state index >= 15 is 0 Å². The van der Waals surface area contributed by atoms with Crippen LogP contribution >= 0.6 is 11.8 Å². The van der Waals surface area contributed by atoms with E-state index in [4.69, 9.17) is 0 Å². The van der Waals surface area contributed by atoms with Crippen molar-refractivity contribution in [1.29, 1.82) is 0 Å². The van der Waals surface area contributed by atoms with Gasteiger partial charge in [-0.1, -0.05) is 23.9 Å². The van der Waals surface area contributed by atoms with Gasteiger partial charge in [-0.25, -0.2) is 9.37 Å². The lowest BCUT2D eigenvalue weighted by Crippen LogP contribution is -2.24. The van der Waals surface area contributed by atoms with Crippen molar-refractivity contribution in [3.63, 3.8) is 0 Å². The molecule has 1 aromatic heterocycles. The van der Waals surface area contributed by atoms with E-state index in [0.29, 0.717) is 23.2 Å². The number of amides is 1. The van der Waals surface area contributed by atoms with Crippen molar-refractivity contribution in [3.8, 4) is 0 Å². The van der Waals surface area contributed by atoms with Gasteiger partial charge in [-0.3, -0.25) is 9.89 Å². The number of carbonyl (C=O) groups excluding carboxylic acids is 1. The molecule has 1 heterocycles. The van der Waals surface area contributed by atoms with Gasteiger partial charge in [-0.05, 0) is 37.0 Å². The van der Waals surface area contributed by atoms with Crippen LogP contribution in [0.25, 0.3) is 0 Å². The number of nitrogens with one attached hydrogen (secondary N) is 2. The maximum absolute atomic E-state index is 13.2. The summed E-state index contributed by atoms with van der Waals surface area (Å²) in [4.78, 5) is 16.2. The molecular formula is C15H17FN4OS. The van der Waals surface area contributed by atoms with E-state index in [0.717, 1.165) is 24.2 Å². The average molecular weight is 320 g/mol. The molecule has 2 aromatic rings. The molecule has 0 aliphatic heterocycles. The summed E-state index contributed by atoms with van der Waals surface area (Å²) >= 11 is 1.31. The number of rotatable bonds is 6. The molecule has 22 heavy (non-hydrogen) atoms. The van der Waals surface area contributed by atoms with Crippen molar-refractivity contribution in [2.75, 3.05) is 5.75 Å². The van der Waals surface area contributed by atoms with Crippen molar-refractivity contribution in [2.24, 2.45) is 0 Å². The third-order valence-electron chi connectivity index (χ3n) is 3.49. The number of aromatic amines is 1. The Hall–Kier alpha value is -1.89. The zero-order valence-corrected chi connectivity index (χ0v) is 13.0. The first-order valence-electron chi connectivity index (χ1n) is 7.18. The average Bonchev–Trinajstić information content (AvgIpc) is 3.25. The Morgan fingerprint density at radius 3 is 3.05 bits per heavy atom. The number of benzene rings is 1. The van der Waals surface area contributed by atoms with Gasteiger partial charge in [0.2, 0.25) is 11.1 Å². The second kappa shape index (κ2) is 6.48. The van der Waals surface area contributed by atoms with E-state index < -0.39 is 0 Å². The van der Waals surface area contributed by atoms with Gasteiger partial charge in [0.25, 0.3) is 0 Å². The van der Waals surface area contributed by atoms with E-state index in [1.54, 1.807) is 19.1 Å². The number of aryl methyl sites for hydroxylation is 1. The third-order valence-corrected chi connectivity index (χ3v) is 4.34. The van der Waals surface area contributed by atoms with Crippen molar-refractivity contribution in [1.82, 2.24) is 20.5 Å². The molecule has 1 aliphatic carbocycles. The van der Waals surface area contributed by atoms with Crippen LogP contribution in [0.2, 0.25) is 0 Å². The summed E-state index contributed by atoms with van der Waals surface area (Å²) in [5.41, 5.74) is 1.46. The van der Waals surface area contributed by atoms with Crippen LogP contribution in [0.4, 0.5) is 4.39 Å². The summed E-state index contributed by atoms with van der Waals surface area (Å²) in [6, 6.07) is 4.82. The topological polar surface area (TPSA) is 70.7 Å². The highest BCUT2D eigenvalue weighted by Crippen LogP contribution is 2.38. The molecular weight excluding hydrogens is 303 g/mol. The molecule has 1 saturated carbocycles. The van der Waals surface area contributed by atoms with Gasteiger partial charge in [0, 0.05) is 12.5 Å². The monoisotopic (exact) mass is 320 g/mol. The fourth-order valence-electron chi connectivity index (χ4n) is 2.06. The molecule has 1 amide bonds. The predicted octanol–water partition coefficient (Wildman–Crippen LogP) is 2.54. The lowest BCUT2D eigenvalue weighted by atomic mass is 10.1. The highest BCUT2D eigenvalue weighted by molar-refractivity contribution is 7.99. The van der Waals surface area contributed by atoms with Crippen LogP contribution in [0.5, 0.6) is 0 Å². The number of nitrogens with zero attached hydrogens (tertiary/aromatic N) is 2. The van der Waals surface area contributed by atoms with Crippen LogP contribution in [0.1, 0.15) is 35.7 Å². The molecule has 2 N–H and O–H groups in total. The van der Waals surface area contributed by atoms with E-state index in [1.807, 2.05) is 0 Å². The van der Waals surface area contributed by atoms with E-state index in [1.165, 1.54) is 17.8 Å². The number of aromatic nitrogens is 3. The molecule has 0 radical (unpaired) electrons. The number of carbonyl (C=O) groups is 1. The van der Waals surface area contributed by atoms with Crippen LogP contribution in [-0.2, 0) is 11.3 Å². The van der Waals surface area contributed by atoms with Crippen LogP contribution < -0.4 is 5.32 Å². The summed E-state index contributed by atoms with van der Waals surface area (Å²) in [6.07, 6.45) is 2.33. The zero-order chi connectivity index (χ0) is 15.5. The van der Waals surface area contributed by atoms with Gasteiger partial charge in [-0.15, -0.1) is 5.10 Å². The molecule has 1 fully saturated rings. The Kier molecular flexibility index (Phi) is 4.42. The molecule has 0 bridgehead atoms. The second-order valence-electron chi connectivity index (χ2n) is 5.43. The van der Waals surface area contributed by atoms with E-state index in [-0.39, 0.29) is 17.5 Å². The zero-order valence-electron chi connectivity index (χ0n) is 12.2. The van der Waals surface area contributed by atoms with Crippen LogP contribution in [0.15, 0.2) is 23.4 Å². The Balaban J connectivity index is 1.44. The Morgan fingerprint density at radius 1 is 1.50 bits per heavy atom. The summed E-state index contributed by atoms with van der Waals surface area (Å²) in [5.74, 6) is 1.39. The Labute approximate surface area is 132 Å². The largest absolute Gasteiger partial charge is 0.351 e. The van der Waals surface area contributed by atoms with Crippen molar-refractivity contribution >= 4 is 17.7 Å². The first-order valence-corrected chi connectivity index (χ1v) is 8.17. The standard InChI is InChI=1S/C15H17FN4OS/c1-9-6-10(2-5-12(9)16)7-17-13(21)8-22-15-18-14(19-20-15)11-3-4-11/h2,5-6,11H,3-4,7-8H2,1H3,(H,17,21)(H,18,19,20). The molecule has 0 unspecified atom stereocenters. The van der Waals surface area contributed by atoms with Crippen LogP contribution in [-0.4, -0.2) is 26.8 Å². The van der Waals surface area contributed by atoms with Gasteiger partial charge >= 0.3 is 0 Å². The SMILES string of the molecule is Cc1cc(CNC(=O)CSc2n[nH]c(C3CC3)n2)ccc1F. The lowest BCUT2D eigenvalue weighted by Gasteiger charge is -2.05. The second-order valence-corrected chi connectivity index (χ2v) is 6.37. The van der Waals surface area contributed by atoms with Gasteiger partial charge in [-0.2, -0.15) is 0 Å². The number of H-pyrrole nitrogens is 1. The minimum atomic E-state index is -0.235. The van der Waals surface area contributed by atoms with Gasteiger partial charge < -0.3 is 5.32 Å². The Bertz CT molecular complexity index is 684. The van der Waals surface area contributed by atoms with Crippen molar-refractivity contribution in [3.05, 3.63) is 41.0 Å². The molecule has 3 rings (SSSR count). The normalized spacial score (nSPS) is 14.1. The predicted molar refractivity (Wildman–Crippen MR) is 82.1 cm³/mol. The minimum Gasteiger partial charge on any atom is -0.351 e. The summed E-state index contributed by atoms with van der Waals surface area (Å²) in [7, 11) is 0. The first-order chi connectivity index (χ1) is 10.6. The number of thioether (sulfide) groups is 1. The maximum atomic E-state index is 13.2. The van der Waals surface area contributed by atoms with Gasteiger partial charge in [0.1, 0.15) is 11.6 Å². The molecule has 7 heteroatoms. The molecule has 116 valence electrons. The van der Waals surface area contributed by atoms with Crippen LogP contribution in [0.3, 0.4) is 0 Å². The van der Waals surface area contributed by atoms with Crippen LogP contribution in [0, 0.1) is 12.7 Å². The molecule has 0 saturated heterocycles. The summed E-state index contributed by atoms with van der Waals surface area (Å²) in [5, 5.41) is 10.4. The minimum absolute atomic E-state index is 0.0928. The molecule has 0 spiro atoms. The highest BCUT2D eigenvalue weighted by atomic mass is 32.2. The highest BCUT2D eigenvalue weighted by Gasteiger charge is 2.27. The first kappa shape index (κ1) is 15.0. The fraction of sp³-hybridized carbons (Fsp3) is 0.400. The maximum Gasteiger partial charge on any atom is 0.230 e. The van der Waals surface area contributed by atoms with Gasteiger partial charge in [0.15, 0.2) is 0 Å². The molecule has 5 nitrogen and oxygen atoms in total. The fourth-order valence-corrected chi connectivity index (χ4v) is 2.70. The number of halogens is 1. The third kappa shape index (κ3) is 3.85. The van der Waals surface area contributed by atoms with E-state index in [9.17, 15) is 9.18 Å². The summed E-state index contributed by atoms with van der Waals surface area (Å²) in [6.45, 7) is 2.10. The molecule has 0 atom stereocenters. The van der Waals surface area contributed by atoms with Crippen molar-refractivity contribution in [2.45, 2.75) is 37.4 Å². The molecule has 1 aromatic carbocycles.